The van der Waals surface area contributed by atoms with Gasteiger partial charge in [0.15, 0.2) is 0 Å². The third-order valence-corrected chi connectivity index (χ3v) is 3.35. The Morgan fingerprint density at radius 1 is 1.00 bits per heavy atom. The highest BCUT2D eigenvalue weighted by atomic mass is 16.5. The van der Waals surface area contributed by atoms with E-state index in [9.17, 15) is 20.3 Å². The van der Waals surface area contributed by atoms with E-state index >= 15 is 0 Å². The van der Waals surface area contributed by atoms with Gasteiger partial charge in [0.05, 0.1) is 5.69 Å². The number of rotatable bonds is 2. The first-order chi connectivity index (χ1) is 11.0. The molecular weight excluding hydrogens is 300 g/mol. The summed E-state index contributed by atoms with van der Waals surface area (Å²) in [5, 5.41) is 36.5. The summed E-state index contributed by atoms with van der Waals surface area (Å²) in [6, 6.07) is 12.0. The Balaban J connectivity index is 2.13. The van der Waals surface area contributed by atoms with Gasteiger partial charge in [0, 0.05) is 6.07 Å². The second-order valence-electron chi connectivity index (χ2n) is 4.78. The minimum Gasteiger partial charge on any atom is -0.710 e. The Hall–Kier alpha value is -3.55. The Bertz CT molecular complexity index is 927. The largest absolute Gasteiger partial charge is 0.710 e. The molecule has 3 rings (SSSR count). The van der Waals surface area contributed by atoms with Crippen LogP contribution in [0.1, 0.15) is 10.5 Å². The Morgan fingerprint density at radius 3 is 2.22 bits per heavy atom. The van der Waals surface area contributed by atoms with Gasteiger partial charge in [-0.05, 0) is 18.2 Å². The van der Waals surface area contributed by atoms with Crippen LogP contribution in [0.25, 0.3) is 11.0 Å². The number of hydrogen-bond donors (Lipinski definition) is 3. The van der Waals surface area contributed by atoms with E-state index in [1.54, 1.807) is 24.3 Å². The maximum atomic E-state index is 12.4. The minimum absolute atomic E-state index is 0.0131. The molecule has 0 radical (unpaired) electrons. The topological polar surface area (TPSA) is 129 Å². The molecule has 0 aliphatic heterocycles. The number of phenols is 1. The first kappa shape index (κ1) is 14.4. The Morgan fingerprint density at radius 2 is 1.57 bits per heavy atom. The molecule has 4 N–H and O–H groups in total. The van der Waals surface area contributed by atoms with Crippen molar-refractivity contribution >= 4 is 28.4 Å². The van der Waals surface area contributed by atoms with Crippen LogP contribution in [0.15, 0.2) is 48.5 Å². The molecule has 0 fully saturated rings. The van der Waals surface area contributed by atoms with Crippen molar-refractivity contribution in [3.63, 3.8) is 0 Å². The van der Waals surface area contributed by atoms with Crippen LogP contribution >= 0.6 is 0 Å². The summed E-state index contributed by atoms with van der Waals surface area (Å²) >= 11 is 0. The summed E-state index contributed by atoms with van der Waals surface area (Å²) in [7, 11) is 0. The third-order valence-electron chi connectivity index (χ3n) is 3.35. The molecule has 0 aliphatic rings. The molecule has 3 aromatic rings. The summed E-state index contributed by atoms with van der Waals surface area (Å²) in [4.78, 5) is 12.3. The standard InChI is InChI=1S/C15H12N4O4/c16-14-13(15(21)17-9-5-1-4-8-12(9)20)18(22)10-6-2-3-7-11(10)19(14)23/h1-8,20H,16H2,(H,17,21). The molecule has 1 heterocycles. The molecule has 2 aromatic carbocycles. The van der Waals surface area contributed by atoms with Crippen molar-refractivity contribution in [3.8, 4) is 5.75 Å². The van der Waals surface area contributed by atoms with Crippen molar-refractivity contribution < 1.29 is 19.4 Å². The van der Waals surface area contributed by atoms with Gasteiger partial charge in [-0.25, -0.2) is 4.73 Å². The van der Waals surface area contributed by atoms with Gasteiger partial charge in [-0.1, -0.05) is 24.3 Å². The number of nitrogens with zero attached hydrogens (tertiary/aromatic N) is 2. The zero-order valence-electron chi connectivity index (χ0n) is 11.8. The van der Waals surface area contributed by atoms with Crippen LogP contribution in [0, 0.1) is 10.4 Å². The van der Waals surface area contributed by atoms with Crippen LogP contribution < -0.4 is 20.5 Å². The van der Waals surface area contributed by atoms with Crippen LogP contribution in [-0.4, -0.2) is 11.0 Å². The van der Waals surface area contributed by atoms with E-state index in [0.717, 1.165) is 0 Å². The maximum absolute atomic E-state index is 12.4. The number of para-hydroxylation sites is 4. The summed E-state index contributed by atoms with van der Waals surface area (Å²) in [6.07, 6.45) is 0. The number of nitrogens with one attached hydrogen (secondary N) is 1. The van der Waals surface area contributed by atoms with E-state index in [0.29, 0.717) is 9.46 Å². The third kappa shape index (κ3) is 2.31. The molecule has 23 heavy (non-hydrogen) atoms. The van der Waals surface area contributed by atoms with Crippen molar-refractivity contribution in [2.24, 2.45) is 0 Å². The summed E-state index contributed by atoms with van der Waals surface area (Å²) in [5.41, 5.74) is 5.28. The number of carbonyl (C=O) groups excluding carboxylic acids is 1. The van der Waals surface area contributed by atoms with Crippen molar-refractivity contribution in [2.45, 2.75) is 0 Å². The normalized spacial score (nSPS) is 10.6. The lowest BCUT2D eigenvalue weighted by Crippen LogP contribution is -2.47. The second kappa shape index (κ2) is 5.34. The monoisotopic (exact) mass is 312 g/mol. The lowest BCUT2D eigenvalue weighted by atomic mass is 10.2. The Kier molecular flexibility index (Phi) is 3.34. The van der Waals surface area contributed by atoms with Gasteiger partial charge in [-0.2, -0.15) is 0 Å². The van der Waals surface area contributed by atoms with Crippen LogP contribution in [0.2, 0.25) is 0 Å². The number of phenolic OH excluding ortho intramolecular Hbond substituents is 1. The molecule has 0 atom stereocenters. The second-order valence-corrected chi connectivity index (χ2v) is 4.78. The van der Waals surface area contributed by atoms with E-state index in [4.69, 9.17) is 5.73 Å². The average molecular weight is 312 g/mol. The predicted molar refractivity (Wildman–Crippen MR) is 82.3 cm³/mol. The van der Waals surface area contributed by atoms with Crippen LogP contribution in [0.3, 0.4) is 0 Å². The quantitative estimate of drug-likeness (QED) is 0.363. The van der Waals surface area contributed by atoms with Crippen molar-refractivity contribution in [3.05, 3.63) is 64.6 Å². The highest BCUT2D eigenvalue weighted by molar-refractivity contribution is 6.05. The van der Waals surface area contributed by atoms with E-state index in [1.807, 2.05) is 0 Å². The fraction of sp³-hybridized carbons (Fsp3) is 0. The van der Waals surface area contributed by atoms with Crippen LogP contribution in [-0.2, 0) is 0 Å². The van der Waals surface area contributed by atoms with Gasteiger partial charge in [0.2, 0.25) is 5.52 Å². The molecule has 0 unspecified atom stereocenters. The SMILES string of the molecule is Nc1c(C(=O)Nc2ccccc2O)[n+]([O-])c2ccccc2[n+]1[O-]. The number of anilines is 2. The molecule has 1 aromatic heterocycles. The highest BCUT2D eigenvalue weighted by Gasteiger charge is 2.30. The van der Waals surface area contributed by atoms with E-state index in [1.165, 1.54) is 24.3 Å². The summed E-state index contributed by atoms with van der Waals surface area (Å²) in [5.74, 6) is -1.59. The number of nitrogen functional groups attached to an aromatic ring is 1. The number of amides is 1. The number of aromatic nitrogens is 2. The number of aromatic hydroxyl groups is 1. The highest BCUT2D eigenvalue weighted by Crippen LogP contribution is 2.22. The van der Waals surface area contributed by atoms with Gasteiger partial charge in [0.1, 0.15) is 5.75 Å². The molecule has 0 bridgehead atoms. The molecule has 116 valence electrons. The van der Waals surface area contributed by atoms with Gasteiger partial charge >= 0.3 is 17.4 Å². The van der Waals surface area contributed by atoms with Crippen molar-refractivity contribution in [1.82, 2.24) is 0 Å². The van der Waals surface area contributed by atoms with Gasteiger partial charge in [-0.3, -0.25) is 10.5 Å². The van der Waals surface area contributed by atoms with Crippen molar-refractivity contribution in [2.75, 3.05) is 11.1 Å². The zero-order valence-corrected chi connectivity index (χ0v) is 11.8. The first-order valence-electron chi connectivity index (χ1n) is 6.63. The smallest absolute Gasteiger partial charge is 0.372 e. The lowest BCUT2D eigenvalue weighted by Gasteiger charge is -2.13. The van der Waals surface area contributed by atoms with Gasteiger partial charge in [-0.15, -0.1) is 4.73 Å². The predicted octanol–water partition coefficient (Wildman–Crippen LogP) is 0.647. The zero-order chi connectivity index (χ0) is 16.6. The van der Waals surface area contributed by atoms with E-state index < -0.39 is 17.4 Å². The van der Waals surface area contributed by atoms with E-state index in [-0.39, 0.29) is 22.5 Å². The first-order valence-corrected chi connectivity index (χ1v) is 6.63. The summed E-state index contributed by atoms with van der Waals surface area (Å²) < 4.78 is 0.623. The van der Waals surface area contributed by atoms with Gasteiger partial charge < -0.3 is 20.8 Å². The number of benzene rings is 2. The Labute approximate surface area is 130 Å². The molecule has 0 saturated carbocycles. The number of nitrogens with two attached hydrogens (primary N) is 1. The fourth-order valence-corrected chi connectivity index (χ4v) is 2.23. The summed E-state index contributed by atoms with van der Waals surface area (Å²) in [6.45, 7) is 0. The number of fused-ring (bicyclic) bond motifs is 1. The lowest BCUT2D eigenvalue weighted by molar-refractivity contribution is -0.619. The molecule has 0 aliphatic carbocycles. The minimum atomic E-state index is -0.894. The average Bonchev–Trinajstić information content (AvgIpc) is 2.55. The van der Waals surface area contributed by atoms with Crippen LogP contribution in [0.4, 0.5) is 11.5 Å². The fourth-order valence-electron chi connectivity index (χ4n) is 2.23. The molecule has 8 nitrogen and oxygen atoms in total. The number of carbonyl (C=O) groups is 1. The molecule has 0 spiro atoms. The maximum Gasteiger partial charge on any atom is 0.372 e. The molecule has 8 heteroatoms. The molecule has 1 amide bonds. The molecular formula is C15H12N4O4. The van der Waals surface area contributed by atoms with Crippen molar-refractivity contribution in [1.29, 1.82) is 0 Å². The van der Waals surface area contributed by atoms with Crippen LogP contribution in [0.5, 0.6) is 5.75 Å². The van der Waals surface area contributed by atoms with E-state index in [2.05, 4.69) is 5.32 Å². The number of hydrogen-bond acceptors (Lipinski definition) is 5. The molecule has 0 saturated heterocycles. The van der Waals surface area contributed by atoms with Gasteiger partial charge in [0.25, 0.3) is 5.52 Å².